The molecule has 17 heavy (non-hydrogen) atoms. The van der Waals surface area contributed by atoms with Crippen LogP contribution in [0.25, 0.3) is 0 Å². The molecular formula is C14H23NO2. The largest absolute Gasteiger partial charge is 0.496 e. The lowest BCUT2D eigenvalue weighted by Crippen LogP contribution is -2.24. The van der Waals surface area contributed by atoms with Gasteiger partial charge >= 0.3 is 0 Å². The summed E-state index contributed by atoms with van der Waals surface area (Å²) >= 11 is 0. The van der Waals surface area contributed by atoms with Crippen molar-refractivity contribution in [1.82, 2.24) is 5.32 Å². The molecule has 0 amide bonds. The zero-order valence-corrected chi connectivity index (χ0v) is 11.0. The van der Waals surface area contributed by atoms with Crippen molar-refractivity contribution in [2.24, 2.45) is 5.92 Å². The topological polar surface area (TPSA) is 41.5 Å². The van der Waals surface area contributed by atoms with Crippen molar-refractivity contribution in [3.8, 4) is 5.75 Å². The van der Waals surface area contributed by atoms with E-state index < -0.39 is 0 Å². The van der Waals surface area contributed by atoms with E-state index in [0.717, 1.165) is 25.3 Å². The highest BCUT2D eigenvalue weighted by atomic mass is 16.5. The predicted octanol–water partition coefficient (Wildman–Crippen LogP) is 2.11. The summed E-state index contributed by atoms with van der Waals surface area (Å²) < 4.78 is 5.32. The minimum Gasteiger partial charge on any atom is -0.496 e. The van der Waals surface area contributed by atoms with Crippen molar-refractivity contribution >= 4 is 0 Å². The predicted molar refractivity (Wildman–Crippen MR) is 70.3 cm³/mol. The number of hydrogen-bond acceptors (Lipinski definition) is 3. The van der Waals surface area contributed by atoms with E-state index >= 15 is 0 Å². The lowest BCUT2D eigenvalue weighted by atomic mass is 10.1. The number of nitrogens with one attached hydrogen (secondary N) is 1. The van der Waals surface area contributed by atoms with Gasteiger partial charge in [-0.3, -0.25) is 0 Å². The van der Waals surface area contributed by atoms with Crippen LogP contribution in [-0.2, 0) is 6.54 Å². The molecule has 0 spiro atoms. The number of hydrogen-bond donors (Lipinski definition) is 2. The number of methoxy groups -OCH3 is 1. The Labute approximate surface area is 104 Å². The molecule has 3 heteroatoms. The van der Waals surface area contributed by atoms with Crippen molar-refractivity contribution < 1.29 is 9.84 Å². The molecule has 0 aliphatic rings. The van der Waals surface area contributed by atoms with Gasteiger partial charge in [-0.15, -0.1) is 0 Å². The van der Waals surface area contributed by atoms with Gasteiger partial charge in [0.15, 0.2) is 0 Å². The second-order valence-corrected chi connectivity index (χ2v) is 4.40. The van der Waals surface area contributed by atoms with Crippen LogP contribution in [0.15, 0.2) is 18.2 Å². The smallest absolute Gasteiger partial charge is 0.123 e. The van der Waals surface area contributed by atoms with Crippen LogP contribution in [0.1, 0.15) is 24.5 Å². The molecule has 0 bridgehead atoms. The molecular weight excluding hydrogens is 214 g/mol. The van der Waals surface area contributed by atoms with E-state index in [2.05, 4.69) is 25.2 Å². The van der Waals surface area contributed by atoms with E-state index in [-0.39, 0.29) is 6.61 Å². The van der Waals surface area contributed by atoms with Gasteiger partial charge < -0.3 is 15.2 Å². The van der Waals surface area contributed by atoms with Crippen LogP contribution in [0.5, 0.6) is 5.75 Å². The summed E-state index contributed by atoms with van der Waals surface area (Å²) in [7, 11) is 1.69. The van der Waals surface area contributed by atoms with Gasteiger partial charge in [-0.25, -0.2) is 0 Å². The molecule has 0 radical (unpaired) electrons. The van der Waals surface area contributed by atoms with Crippen molar-refractivity contribution in [1.29, 1.82) is 0 Å². The van der Waals surface area contributed by atoms with Crippen LogP contribution in [0, 0.1) is 12.8 Å². The molecule has 1 unspecified atom stereocenters. The first-order chi connectivity index (χ1) is 8.21. The zero-order valence-electron chi connectivity index (χ0n) is 11.0. The summed E-state index contributed by atoms with van der Waals surface area (Å²) in [6.07, 6.45) is 0.994. The Balaban J connectivity index is 2.53. The molecule has 3 nitrogen and oxygen atoms in total. The van der Waals surface area contributed by atoms with Crippen molar-refractivity contribution in [3.05, 3.63) is 29.3 Å². The Bertz CT molecular complexity index is 335. The Morgan fingerprint density at radius 1 is 1.41 bits per heavy atom. The highest BCUT2D eigenvalue weighted by Gasteiger charge is 2.06. The lowest BCUT2D eigenvalue weighted by molar-refractivity contribution is 0.218. The quantitative estimate of drug-likeness (QED) is 0.763. The molecule has 0 saturated carbocycles. The summed E-state index contributed by atoms with van der Waals surface area (Å²) in [4.78, 5) is 0. The molecule has 1 atom stereocenters. The lowest BCUT2D eigenvalue weighted by Gasteiger charge is -2.14. The second kappa shape index (κ2) is 7.30. The van der Waals surface area contributed by atoms with Gasteiger partial charge in [-0.2, -0.15) is 0 Å². The fourth-order valence-corrected chi connectivity index (χ4v) is 1.79. The number of benzene rings is 1. The fourth-order valence-electron chi connectivity index (χ4n) is 1.79. The standard InChI is InChI=1S/C14H23NO2/c1-4-12(10-16)8-15-9-13-7-11(2)5-6-14(13)17-3/h5-7,12,15-16H,4,8-10H2,1-3H3. The Morgan fingerprint density at radius 3 is 2.76 bits per heavy atom. The van der Waals surface area contributed by atoms with E-state index in [1.165, 1.54) is 11.1 Å². The van der Waals surface area contributed by atoms with Crippen molar-refractivity contribution in [3.63, 3.8) is 0 Å². The molecule has 0 aromatic heterocycles. The first-order valence-electron chi connectivity index (χ1n) is 6.16. The third kappa shape index (κ3) is 4.36. The summed E-state index contributed by atoms with van der Waals surface area (Å²) in [5, 5.41) is 12.5. The third-order valence-corrected chi connectivity index (χ3v) is 3.02. The summed E-state index contributed by atoms with van der Waals surface area (Å²) in [6, 6.07) is 6.17. The summed E-state index contributed by atoms with van der Waals surface area (Å²) in [5.74, 6) is 1.26. The maximum absolute atomic E-state index is 9.10. The maximum Gasteiger partial charge on any atom is 0.123 e. The zero-order chi connectivity index (χ0) is 12.7. The van der Waals surface area contributed by atoms with E-state index in [9.17, 15) is 0 Å². The van der Waals surface area contributed by atoms with Gasteiger partial charge in [0.1, 0.15) is 5.75 Å². The van der Waals surface area contributed by atoms with Gasteiger partial charge in [-0.05, 0) is 25.3 Å². The van der Waals surface area contributed by atoms with Crippen LogP contribution in [-0.4, -0.2) is 25.4 Å². The van der Waals surface area contributed by atoms with E-state index in [4.69, 9.17) is 9.84 Å². The number of aliphatic hydroxyl groups is 1. The second-order valence-electron chi connectivity index (χ2n) is 4.40. The Morgan fingerprint density at radius 2 is 2.18 bits per heavy atom. The van der Waals surface area contributed by atoms with Crippen LogP contribution >= 0.6 is 0 Å². The summed E-state index contributed by atoms with van der Waals surface area (Å²) in [6.45, 7) is 6.03. The molecule has 0 heterocycles. The molecule has 2 N–H and O–H groups in total. The first kappa shape index (κ1) is 14.0. The highest BCUT2D eigenvalue weighted by Crippen LogP contribution is 2.19. The van der Waals surface area contributed by atoms with Gasteiger partial charge in [0.2, 0.25) is 0 Å². The number of ether oxygens (including phenoxy) is 1. The minimum absolute atomic E-state index is 0.244. The fraction of sp³-hybridized carbons (Fsp3) is 0.571. The molecule has 1 rings (SSSR count). The van der Waals surface area contributed by atoms with Gasteiger partial charge in [-0.1, -0.05) is 24.6 Å². The minimum atomic E-state index is 0.244. The highest BCUT2D eigenvalue weighted by molar-refractivity contribution is 5.36. The first-order valence-corrected chi connectivity index (χ1v) is 6.16. The van der Waals surface area contributed by atoms with Crippen LogP contribution in [0.2, 0.25) is 0 Å². The maximum atomic E-state index is 9.10. The average Bonchev–Trinajstić information content (AvgIpc) is 2.35. The normalized spacial score (nSPS) is 12.5. The van der Waals surface area contributed by atoms with Crippen LogP contribution in [0.3, 0.4) is 0 Å². The van der Waals surface area contributed by atoms with Gasteiger partial charge in [0, 0.05) is 25.3 Å². The average molecular weight is 237 g/mol. The van der Waals surface area contributed by atoms with E-state index in [0.29, 0.717) is 5.92 Å². The van der Waals surface area contributed by atoms with Gasteiger partial charge in [0.05, 0.1) is 7.11 Å². The van der Waals surface area contributed by atoms with Crippen molar-refractivity contribution in [2.75, 3.05) is 20.3 Å². The monoisotopic (exact) mass is 237 g/mol. The molecule has 0 fully saturated rings. The third-order valence-electron chi connectivity index (χ3n) is 3.02. The molecule has 1 aromatic rings. The molecule has 0 aliphatic carbocycles. The van der Waals surface area contributed by atoms with Crippen molar-refractivity contribution in [2.45, 2.75) is 26.8 Å². The van der Waals surface area contributed by atoms with Gasteiger partial charge in [0.25, 0.3) is 0 Å². The molecule has 1 aromatic carbocycles. The molecule has 0 aliphatic heterocycles. The Hall–Kier alpha value is -1.06. The van der Waals surface area contributed by atoms with Crippen LogP contribution in [0.4, 0.5) is 0 Å². The molecule has 0 saturated heterocycles. The SMILES string of the molecule is CCC(CO)CNCc1cc(C)ccc1OC. The summed E-state index contributed by atoms with van der Waals surface area (Å²) in [5.41, 5.74) is 2.40. The van der Waals surface area contributed by atoms with E-state index in [1.54, 1.807) is 7.11 Å². The number of rotatable bonds is 7. The van der Waals surface area contributed by atoms with Crippen LogP contribution < -0.4 is 10.1 Å². The Kier molecular flexibility index (Phi) is 6.01. The molecule has 96 valence electrons. The number of aliphatic hydroxyl groups excluding tert-OH is 1. The number of aryl methyl sites for hydroxylation is 1. The van der Waals surface area contributed by atoms with E-state index in [1.807, 2.05) is 12.1 Å².